The van der Waals surface area contributed by atoms with Gasteiger partial charge in [-0.15, -0.1) is 0 Å². The van der Waals surface area contributed by atoms with Gasteiger partial charge < -0.3 is 10.6 Å². The highest BCUT2D eigenvalue weighted by Crippen LogP contribution is 2.18. The van der Waals surface area contributed by atoms with E-state index in [0.717, 1.165) is 17.0 Å². The third-order valence-corrected chi connectivity index (χ3v) is 6.40. The summed E-state index contributed by atoms with van der Waals surface area (Å²) < 4.78 is 30.2. The van der Waals surface area contributed by atoms with Crippen molar-refractivity contribution < 1.29 is 8.42 Å². The second kappa shape index (κ2) is 9.61. The van der Waals surface area contributed by atoms with E-state index in [4.69, 9.17) is 0 Å². The quantitative estimate of drug-likeness (QED) is 0.459. The number of nitrogens with zero attached hydrogens (tertiary/aromatic N) is 3. The highest BCUT2D eigenvalue weighted by molar-refractivity contribution is 7.89. The summed E-state index contributed by atoms with van der Waals surface area (Å²) in [5.41, 5.74) is 3.27. The molecule has 9 heteroatoms. The number of hydrogen-bond donors (Lipinski definition) is 3. The topological polar surface area (TPSA) is 100 Å². The van der Waals surface area contributed by atoms with Crippen molar-refractivity contribution in [2.75, 3.05) is 6.54 Å². The monoisotopic (exact) mass is 434 g/mol. The standard InChI is InChI=1S/C21H34N6O2S/c1-8-22-20(24-14-18-15(2)25-27(7)16(18)3)23-13-17-11-9-10-12-19(17)30(28,29)26-21(4,5)6/h9-12,26H,8,13-14H2,1-7H3,(H2,22,23,24). The van der Waals surface area contributed by atoms with Gasteiger partial charge in [0.05, 0.1) is 17.1 Å². The summed E-state index contributed by atoms with van der Waals surface area (Å²) in [5.74, 6) is 0.621. The Labute approximate surface area is 180 Å². The van der Waals surface area contributed by atoms with Crippen LogP contribution in [0.25, 0.3) is 0 Å². The third-order valence-electron chi connectivity index (χ3n) is 4.55. The summed E-state index contributed by atoms with van der Waals surface area (Å²) in [6, 6.07) is 6.95. The fourth-order valence-corrected chi connectivity index (χ4v) is 4.76. The maximum absolute atomic E-state index is 12.8. The Hall–Kier alpha value is -2.39. The normalized spacial score (nSPS) is 12.8. The van der Waals surface area contributed by atoms with Crippen LogP contribution in [0.15, 0.2) is 34.2 Å². The summed E-state index contributed by atoms with van der Waals surface area (Å²) in [6.45, 7) is 13.0. The van der Waals surface area contributed by atoms with Crippen LogP contribution < -0.4 is 15.4 Å². The Morgan fingerprint density at radius 3 is 2.40 bits per heavy atom. The first-order chi connectivity index (χ1) is 13.9. The van der Waals surface area contributed by atoms with E-state index in [1.807, 2.05) is 59.3 Å². The molecular weight excluding hydrogens is 400 g/mol. The molecule has 3 N–H and O–H groups in total. The van der Waals surface area contributed by atoms with Crippen molar-refractivity contribution in [3.63, 3.8) is 0 Å². The molecule has 8 nitrogen and oxygen atoms in total. The summed E-state index contributed by atoms with van der Waals surface area (Å²) >= 11 is 0. The Bertz CT molecular complexity index is 1000. The highest BCUT2D eigenvalue weighted by atomic mass is 32.2. The van der Waals surface area contributed by atoms with Crippen LogP contribution in [-0.4, -0.2) is 36.2 Å². The van der Waals surface area contributed by atoms with Gasteiger partial charge in [-0.2, -0.15) is 5.10 Å². The van der Waals surface area contributed by atoms with Crippen LogP contribution in [0.4, 0.5) is 0 Å². The van der Waals surface area contributed by atoms with E-state index in [1.54, 1.807) is 18.2 Å². The number of hydrogen-bond acceptors (Lipinski definition) is 4. The molecule has 2 aromatic rings. The molecule has 2 rings (SSSR count). The molecule has 30 heavy (non-hydrogen) atoms. The van der Waals surface area contributed by atoms with Gasteiger partial charge in [-0.05, 0) is 53.2 Å². The van der Waals surface area contributed by atoms with Crippen LogP contribution in [0, 0.1) is 13.8 Å². The molecule has 1 aromatic carbocycles. The zero-order valence-corrected chi connectivity index (χ0v) is 19.8. The van der Waals surface area contributed by atoms with Crippen molar-refractivity contribution in [3.8, 4) is 0 Å². The van der Waals surface area contributed by atoms with Crippen LogP contribution in [0.2, 0.25) is 0 Å². The van der Waals surface area contributed by atoms with Gasteiger partial charge in [-0.25, -0.2) is 18.1 Å². The lowest BCUT2D eigenvalue weighted by molar-refractivity contribution is 0.491. The first kappa shape index (κ1) is 23.9. The molecule has 0 saturated carbocycles. The average Bonchev–Trinajstić information content (AvgIpc) is 2.87. The molecule has 0 aliphatic carbocycles. The summed E-state index contributed by atoms with van der Waals surface area (Å²) in [4.78, 5) is 4.86. The SMILES string of the molecule is CCNC(=NCc1ccccc1S(=O)(=O)NC(C)(C)C)NCc1c(C)nn(C)c1C. The fraction of sp³-hybridized carbons (Fsp3) is 0.524. The van der Waals surface area contributed by atoms with Crippen LogP contribution >= 0.6 is 0 Å². The molecule has 0 bridgehead atoms. The number of rotatable bonds is 7. The van der Waals surface area contributed by atoms with Gasteiger partial charge in [0.1, 0.15) is 0 Å². The lowest BCUT2D eigenvalue weighted by Gasteiger charge is -2.21. The molecule has 0 saturated heterocycles. The van der Waals surface area contributed by atoms with Crippen molar-refractivity contribution in [1.82, 2.24) is 25.1 Å². The van der Waals surface area contributed by atoms with Gasteiger partial charge in [0.2, 0.25) is 10.0 Å². The predicted molar refractivity (Wildman–Crippen MR) is 121 cm³/mol. The lowest BCUT2D eigenvalue weighted by Crippen LogP contribution is -2.40. The lowest BCUT2D eigenvalue weighted by atomic mass is 10.1. The van der Waals surface area contributed by atoms with Gasteiger partial charge in [0, 0.05) is 36.9 Å². The Morgan fingerprint density at radius 2 is 1.83 bits per heavy atom. The Morgan fingerprint density at radius 1 is 1.17 bits per heavy atom. The molecule has 0 aliphatic rings. The van der Waals surface area contributed by atoms with E-state index in [9.17, 15) is 8.42 Å². The maximum atomic E-state index is 12.8. The van der Waals surface area contributed by atoms with Crippen molar-refractivity contribution in [2.45, 2.75) is 65.1 Å². The molecule has 1 aromatic heterocycles. The molecule has 0 aliphatic heterocycles. The first-order valence-electron chi connectivity index (χ1n) is 10.1. The second-order valence-electron chi connectivity index (χ2n) is 8.28. The third kappa shape index (κ3) is 6.30. The Kier molecular flexibility index (Phi) is 7.65. The molecule has 0 radical (unpaired) electrons. The molecule has 166 valence electrons. The number of benzene rings is 1. The molecule has 0 amide bonds. The molecule has 1 heterocycles. The summed E-state index contributed by atoms with van der Waals surface area (Å²) in [5, 5.41) is 11.0. The highest BCUT2D eigenvalue weighted by Gasteiger charge is 2.24. The van der Waals surface area contributed by atoms with Crippen molar-refractivity contribution >= 4 is 16.0 Å². The number of sulfonamides is 1. The minimum atomic E-state index is -3.64. The minimum Gasteiger partial charge on any atom is -0.357 e. The van der Waals surface area contributed by atoms with Gasteiger partial charge in [-0.3, -0.25) is 4.68 Å². The number of aryl methyl sites for hydroxylation is 2. The average molecular weight is 435 g/mol. The molecule has 0 atom stereocenters. The zero-order chi connectivity index (χ0) is 22.5. The maximum Gasteiger partial charge on any atom is 0.241 e. The molecule has 0 fully saturated rings. The Balaban J connectivity index is 2.23. The van der Waals surface area contributed by atoms with Gasteiger partial charge in [0.25, 0.3) is 0 Å². The van der Waals surface area contributed by atoms with Crippen molar-refractivity contribution in [3.05, 3.63) is 46.8 Å². The summed E-state index contributed by atoms with van der Waals surface area (Å²) in [7, 11) is -1.72. The fourth-order valence-electron chi connectivity index (χ4n) is 3.11. The first-order valence-corrected chi connectivity index (χ1v) is 11.6. The van der Waals surface area contributed by atoms with E-state index >= 15 is 0 Å². The zero-order valence-electron chi connectivity index (χ0n) is 19.0. The second-order valence-corrected chi connectivity index (χ2v) is 9.94. The van der Waals surface area contributed by atoms with Crippen LogP contribution in [0.3, 0.4) is 0 Å². The van der Waals surface area contributed by atoms with Gasteiger partial charge in [-0.1, -0.05) is 18.2 Å². The minimum absolute atomic E-state index is 0.238. The molecule has 0 unspecified atom stereocenters. The smallest absolute Gasteiger partial charge is 0.241 e. The number of aromatic nitrogens is 2. The van der Waals surface area contributed by atoms with E-state index in [2.05, 4.69) is 25.4 Å². The van der Waals surface area contributed by atoms with Gasteiger partial charge in [0.15, 0.2) is 5.96 Å². The number of guanidine groups is 1. The van der Waals surface area contributed by atoms with E-state index < -0.39 is 15.6 Å². The van der Waals surface area contributed by atoms with Crippen LogP contribution in [0.1, 0.15) is 50.2 Å². The van der Waals surface area contributed by atoms with E-state index in [1.165, 1.54) is 0 Å². The van der Waals surface area contributed by atoms with Crippen LogP contribution in [-0.2, 0) is 30.2 Å². The molecular formula is C21H34N6O2S. The summed E-state index contributed by atoms with van der Waals surface area (Å²) in [6.07, 6.45) is 0. The van der Waals surface area contributed by atoms with Crippen LogP contribution in [0.5, 0.6) is 0 Å². The number of nitrogens with one attached hydrogen (secondary N) is 3. The predicted octanol–water partition coefficient (Wildman–Crippen LogP) is 2.37. The van der Waals surface area contributed by atoms with E-state index in [-0.39, 0.29) is 11.4 Å². The molecule has 0 spiro atoms. The number of aliphatic imine (C=N–C) groups is 1. The largest absolute Gasteiger partial charge is 0.357 e. The van der Waals surface area contributed by atoms with Crippen molar-refractivity contribution in [1.29, 1.82) is 0 Å². The van der Waals surface area contributed by atoms with Crippen molar-refractivity contribution in [2.24, 2.45) is 12.0 Å². The van der Waals surface area contributed by atoms with Gasteiger partial charge >= 0.3 is 0 Å². The van der Waals surface area contributed by atoms with E-state index in [0.29, 0.717) is 24.6 Å².